The summed E-state index contributed by atoms with van der Waals surface area (Å²) in [4.78, 5) is 49.5. The van der Waals surface area contributed by atoms with Crippen molar-refractivity contribution in [1.29, 1.82) is 0 Å². The normalized spacial score (nSPS) is 22.1. The molecule has 1 N–H and O–H groups in total. The maximum Gasteiger partial charge on any atom is 0.326 e. The van der Waals surface area contributed by atoms with E-state index in [1.807, 2.05) is 19.1 Å². The van der Waals surface area contributed by atoms with Crippen LogP contribution in [-0.4, -0.2) is 41.7 Å². The first-order valence-electron chi connectivity index (χ1n) is 8.83. The fourth-order valence-electron chi connectivity index (χ4n) is 3.61. The first-order chi connectivity index (χ1) is 12.5. The first-order valence-corrected chi connectivity index (χ1v) is 8.83. The highest BCUT2D eigenvalue weighted by molar-refractivity contribution is 6.07. The van der Waals surface area contributed by atoms with Gasteiger partial charge in [0.15, 0.2) is 6.61 Å². The molecule has 3 rings (SSSR count). The number of carbonyl (C=O) groups is 4. The van der Waals surface area contributed by atoms with E-state index in [-0.39, 0.29) is 23.7 Å². The van der Waals surface area contributed by atoms with Crippen molar-refractivity contribution in [1.82, 2.24) is 4.90 Å². The number of hydrogen-bond acceptors (Lipinski definition) is 5. The van der Waals surface area contributed by atoms with Gasteiger partial charge in [-0.3, -0.25) is 24.1 Å². The van der Waals surface area contributed by atoms with Crippen LogP contribution in [-0.2, 0) is 23.9 Å². The summed E-state index contributed by atoms with van der Waals surface area (Å²) in [5.41, 5.74) is 1.53. The second-order valence-corrected chi connectivity index (χ2v) is 6.78. The monoisotopic (exact) mass is 358 g/mol. The highest BCUT2D eigenvalue weighted by Gasteiger charge is 2.48. The van der Waals surface area contributed by atoms with Gasteiger partial charge in [0, 0.05) is 5.69 Å². The molecule has 0 radical (unpaired) electrons. The van der Waals surface area contributed by atoms with Gasteiger partial charge in [0.1, 0.15) is 6.54 Å². The summed E-state index contributed by atoms with van der Waals surface area (Å²) in [6.45, 7) is 0.963. The molecule has 7 heteroatoms. The molecule has 1 saturated heterocycles. The minimum atomic E-state index is -0.759. The molecule has 0 spiro atoms. The molecule has 2 fully saturated rings. The van der Waals surface area contributed by atoms with Crippen LogP contribution in [0.5, 0.6) is 0 Å². The van der Waals surface area contributed by atoms with Crippen LogP contribution >= 0.6 is 0 Å². The summed E-state index contributed by atoms with van der Waals surface area (Å²) in [7, 11) is 0. The number of rotatable bonds is 5. The topological polar surface area (TPSA) is 92.8 Å². The molecule has 1 aromatic carbocycles. The number of nitrogens with zero attached hydrogens (tertiary/aromatic N) is 1. The number of anilines is 1. The van der Waals surface area contributed by atoms with Crippen molar-refractivity contribution in [3.05, 3.63) is 29.8 Å². The first kappa shape index (κ1) is 18.1. The van der Waals surface area contributed by atoms with E-state index >= 15 is 0 Å². The Morgan fingerprint density at radius 3 is 2.35 bits per heavy atom. The molecule has 1 saturated carbocycles. The van der Waals surface area contributed by atoms with Crippen LogP contribution in [0.1, 0.15) is 31.2 Å². The number of likely N-dealkylation sites (tertiary alicyclic amines) is 1. The number of imide groups is 1. The molecule has 0 unspecified atom stereocenters. The van der Waals surface area contributed by atoms with Gasteiger partial charge in [-0.25, -0.2) is 0 Å². The zero-order valence-corrected chi connectivity index (χ0v) is 14.7. The molecule has 1 aliphatic heterocycles. The summed E-state index contributed by atoms with van der Waals surface area (Å²) in [6.07, 6.45) is 3.24. The lowest BCUT2D eigenvalue weighted by molar-refractivity contribution is -0.154. The van der Waals surface area contributed by atoms with Gasteiger partial charge in [0.2, 0.25) is 11.8 Å². The van der Waals surface area contributed by atoms with Crippen molar-refractivity contribution in [2.75, 3.05) is 18.5 Å². The van der Waals surface area contributed by atoms with Gasteiger partial charge < -0.3 is 10.1 Å². The number of aryl methyl sites for hydroxylation is 1. The fourth-order valence-corrected chi connectivity index (χ4v) is 3.61. The van der Waals surface area contributed by atoms with E-state index < -0.39 is 25.0 Å². The van der Waals surface area contributed by atoms with Gasteiger partial charge >= 0.3 is 5.97 Å². The number of ether oxygens (including phenoxy) is 1. The van der Waals surface area contributed by atoms with E-state index in [0.29, 0.717) is 18.5 Å². The van der Waals surface area contributed by atoms with Crippen molar-refractivity contribution in [3.8, 4) is 0 Å². The number of hydrogen-bond donors (Lipinski definition) is 1. The van der Waals surface area contributed by atoms with Crippen molar-refractivity contribution in [2.24, 2.45) is 11.8 Å². The number of esters is 1. The predicted molar refractivity (Wildman–Crippen MR) is 92.9 cm³/mol. The molecule has 1 heterocycles. The molecule has 3 amide bonds. The highest BCUT2D eigenvalue weighted by atomic mass is 16.5. The van der Waals surface area contributed by atoms with Gasteiger partial charge in [-0.15, -0.1) is 0 Å². The minimum absolute atomic E-state index is 0.291. The van der Waals surface area contributed by atoms with E-state index in [2.05, 4.69) is 5.32 Å². The highest BCUT2D eigenvalue weighted by Crippen LogP contribution is 2.37. The van der Waals surface area contributed by atoms with Crippen molar-refractivity contribution < 1.29 is 23.9 Å². The Hall–Kier alpha value is -2.70. The number of para-hydroxylation sites is 1. The predicted octanol–water partition coefficient (Wildman–Crippen LogP) is 1.65. The van der Waals surface area contributed by atoms with E-state index in [1.165, 1.54) is 0 Å². The average molecular weight is 358 g/mol. The fraction of sp³-hybridized carbons (Fsp3) is 0.474. The van der Waals surface area contributed by atoms with Gasteiger partial charge in [-0.05, 0) is 31.4 Å². The molecule has 0 aromatic heterocycles. The number of fused-ring (bicyclic) bond motifs is 1. The Morgan fingerprint density at radius 2 is 1.73 bits per heavy atom. The summed E-state index contributed by atoms with van der Waals surface area (Å²) in [5, 5.41) is 2.65. The summed E-state index contributed by atoms with van der Waals surface area (Å²) in [6, 6.07) is 7.25. The number of carbonyl (C=O) groups excluding carboxylic acids is 4. The van der Waals surface area contributed by atoms with E-state index in [0.717, 1.165) is 23.3 Å². The third-order valence-corrected chi connectivity index (χ3v) is 5.00. The Kier molecular flexibility index (Phi) is 5.35. The molecule has 26 heavy (non-hydrogen) atoms. The maximum atomic E-state index is 12.3. The lowest BCUT2D eigenvalue weighted by atomic mass is 9.81. The number of benzene rings is 1. The molecule has 0 bridgehead atoms. The smallest absolute Gasteiger partial charge is 0.326 e. The largest absolute Gasteiger partial charge is 0.454 e. The van der Waals surface area contributed by atoms with Gasteiger partial charge in [-0.2, -0.15) is 0 Å². The lowest BCUT2D eigenvalue weighted by Crippen LogP contribution is -2.37. The van der Waals surface area contributed by atoms with Crippen LogP contribution in [0, 0.1) is 18.8 Å². The number of amides is 3. The lowest BCUT2D eigenvalue weighted by Gasteiger charge is -2.19. The quantitative estimate of drug-likeness (QED) is 0.638. The zero-order chi connectivity index (χ0) is 18.7. The molecule has 138 valence electrons. The van der Waals surface area contributed by atoms with Crippen LogP contribution in [0.2, 0.25) is 0 Å². The van der Waals surface area contributed by atoms with E-state index in [9.17, 15) is 19.2 Å². The Morgan fingerprint density at radius 1 is 1.12 bits per heavy atom. The zero-order valence-electron chi connectivity index (χ0n) is 14.7. The second-order valence-electron chi connectivity index (χ2n) is 6.78. The Balaban J connectivity index is 1.50. The summed E-state index contributed by atoms with van der Waals surface area (Å²) < 4.78 is 4.93. The summed E-state index contributed by atoms with van der Waals surface area (Å²) in [5.74, 6) is -2.41. The third kappa shape index (κ3) is 3.76. The van der Waals surface area contributed by atoms with Crippen molar-refractivity contribution in [3.63, 3.8) is 0 Å². The van der Waals surface area contributed by atoms with E-state index in [1.54, 1.807) is 12.1 Å². The maximum absolute atomic E-state index is 12.3. The van der Waals surface area contributed by atoms with Crippen molar-refractivity contribution in [2.45, 2.75) is 32.6 Å². The molecule has 2 atom stereocenters. The third-order valence-electron chi connectivity index (χ3n) is 5.00. The van der Waals surface area contributed by atoms with Gasteiger partial charge in [-0.1, -0.05) is 31.0 Å². The van der Waals surface area contributed by atoms with Crippen LogP contribution < -0.4 is 5.32 Å². The van der Waals surface area contributed by atoms with Crippen LogP contribution in [0.3, 0.4) is 0 Å². The molecule has 1 aromatic rings. The molecule has 1 aliphatic carbocycles. The van der Waals surface area contributed by atoms with Crippen LogP contribution in [0.4, 0.5) is 5.69 Å². The van der Waals surface area contributed by atoms with Gasteiger partial charge in [0.05, 0.1) is 11.8 Å². The average Bonchev–Trinajstić information content (AvgIpc) is 2.87. The van der Waals surface area contributed by atoms with Gasteiger partial charge in [0.25, 0.3) is 5.91 Å². The minimum Gasteiger partial charge on any atom is -0.454 e. The molecular weight excluding hydrogens is 336 g/mol. The Bertz CT molecular complexity index is 721. The van der Waals surface area contributed by atoms with Crippen LogP contribution in [0.25, 0.3) is 0 Å². The molecule has 2 aliphatic rings. The standard InChI is InChI=1S/C19H22N2O5/c1-12-6-2-5-9-15(12)20-16(22)11-26-17(23)10-21-18(24)13-7-3-4-8-14(13)19(21)25/h2,5-6,9,13-14H,3-4,7-8,10-11H2,1H3,(H,20,22)/t13-,14-/m1/s1. The van der Waals surface area contributed by atoms with Crippen molar-refractivity contribution >= 4 is 29.4 Å². The molecule has 7 nitrogen and oxygen atoms in total. The SMILES string of the molecule is Cc1ccccc1NC(=O)COC(=O)CN1C(=O)[C@@H]2CCCC[C@H]2C1=O. The number of nitrogens with one attached hydrogen (secondary N) is 1. The van der Waals surface area contributed by atoms with E-state index in [4.69, 9.17) is 4.74 Å². The molecular formula is C19H22N2O5. The second kappa shape index (κ2) is 7.68. The van der Waals surface area contributed by atoms with Crippen LogP contribution in [0.15, 0.2) is 24.3 Å². The Labute approximate surface area is 151 Å². The summed E-state index contributed by atoms with van der Waals surface area (Å²) >= 11 is 0.